The van der Waals surface area contributed by atoms with Crippen LogP contribution in [0.2, 0.25) is 0 Å². The Labute approximate surface area is 176 Å². The average Bonchev–Trinajstić information content (AvgIpc) is 3.44. The third kappa shape index (κ3) is 2.24. The Morgan fingerprint density at radius 2 is 1.45 bits per heavy atom. The second-order valence-electron chi connectivity index (χ2n) is 7.76. The lowest BCUT2D eigenvalue weighted by atomic mass is 9.98. The molecule has 0 N–H and O–H groups in total. The topological polar surface area (TPSA) is 0 Å². The van der Waals surface area contributed by atoms with Crippen molar-refractivity contribution < 1.29 is 0 Å². The molecular formula is C27H16S2. The van der Waals surface area contributed by atoms with Crippen molar-refractivity contribution in [3.63, 3.8) is 0 Å². The van der Waals surface area contributed by atoms with Crippen molar-refractivity contribution in [3.05, 3.63) is 96.1 Å². The van der Waals surface area contributed by atoms with Crippen LogP contribution in [0.25, 0.3) is 51.8 Å². The highest BCUT2D eigenvalue weighted by Crippen LogP contribution is 2.48. The smallest absolute Gasteiger partial charge is 0.0393 e. The first-order chi connectivity index (χ1) is 14.3. The van der Waals surface area contributed by atoms with Crippen molar-refractivity contribution >= 4 is 53.6 Å². The molecule has 2 aromatic heterocycles. The molecule has 7 rings (SSSR count). The van der Waals surface area contributed by atoms with Gasteiger partial charge in [0.25, 0.3) is 0 Å². The maximum atomic E-state index is 2.37. The maximum Gasteiger partial charge on any atom is 0.0393 e. The average molecular weight is 405 g/mol. The van der Waals surface area contributed by atoms with Gasteiger partial charge < -0.3 is 0 Å². The van der Waals surface area contributed by atoms with Crippen molar-refractivity contribution in [2.75, 3.05) is 0 Å². The van der Waals surface area contributed by atoms with Crippen molar-refractivity contribution in [2.45, 2.75) is 6.42 Å². The molecule has 2 heterocycles. The number of fused-ring (bicyclic) bond motifs is 8. The van der Waals surface area contributed by atoms with Crippen LogP contribution in [0.4, 0.5) is 0 Å². The van der Waals surface area contributed by atoms with Gasteiger partial charge >= 0.3 is 0 Å². The molecule has 29 heavy (non-hydrogen) atoms. The molecule has 136 valence electrons. The Morgan fingerprint density at radius 3 is 2.38 bits per heavy atom. The van der Waals surface area contributed by atoms with Gasteiger partial charge in [0.1, 0.15) is 0 Å². The molecule has 1 aliphatic carbocycles. The van der Waals surface area contributed by atoms with Gasteiger partial charge in [0.05, 0.1) is 0 Å². The van der Waals surface area contributed by atoms with Gasteiger partial charge in [0.15, 0.2) is 0 Å². The first kappa shape index (κ1) is 15.9. The van der Waals surface area contributed by atoms with Gasteiger partial charge in [0.2, 0.25) is 0 Å². The lowest BCUT2D eigenvalue weighted by Crippen LogP contribution is -1.86. The molecule has 0 saturated carbocycles. The minimum absolute atomic E-state index is 1.05. The summed E-state index contributed by atoms with van der Waals surface area (Å²) in [4.78, 5) is 2.82. The quantitative estimate of drug-likeness (QED) is 0.257. The second-order valence-corrected chi connectivity index (χ2v) is 9.89. The lowest BCUT2D eigenvalue weighted by Gasteiger charge is -2.08. The van der Waals surface area contributed by atoms with Crippen molar-refractivity contribution in [1.29, 1.82) is 0 Å². The molecule has 0 unspecified atom stereocenters. The molecule has 2 heteroatoms. The molecule has 0 atom stereocenters. The number of rotatable bonds is 1. The molecule has 0 radical (unpaired) electrons. The zero-order valence-electron chi connectivity index (χ0n) is 15.6. The summed E-state index contributed by atoms with van der Waals surface area (Å²) in [5.41, 5.74) is 5.76. The summed E-state index contributed by atoms with van der Waals surface area (Å²) in [5.74, 6) is 0. The largest absolute Gasteiger partial charge is 0.135 e. The van der Waals surface area contributed by atoms with Gasteiger partial charge in [-0.3, -0.25) is 0 Å². The monoisotopic (exact) mass is 404 g/mol. The third-order valence-corrected chi connectivity index (χ3v) is 8.55. The van der Waals surface area contributed by atoms with E-state index >= 15 is 0 Å². The minimum Gasteiger partial charge on any atom is -0.135 e. The number of thiophene rings is 2. The van der Waals surface area contributed by atoms with Crippen LogP contribution >= 0.6 is 22.7 Å². The summed E-state index contributed by atoms with van der Waals surface area (Å²) in [6.45, 7) is 0. The minimum atomic E-state index is 1.05. The highest BCUT2D eigenvalue weighted by atomic mass is 32.1. The van der Waals surface area contributed by atoms with Crippen molar-refractivity contribution in [1.82, 2.24) is 0 Å². The Morgan fingerprint density at radius 1 is 0.586 bits per heavy atom. The highest BCUT2D eigenvalue weighted by Gasteiger charge is 2.24. The van der Waals surface area contributed by atoms with E-state index < -0.39 is 0 Å². The van der Waals surface area contributed by atoms with Crippen molar-refractivity contribution in [2.24, 2.45) is 0 Å². The van der Waals surface area contributed by atoms with Gasteiger partial charge in [-0.05, 0) is 68.1 Å². The van der Waals surface area contributed by atoms with Crippen LogP contribution in [-0.4, -0.2) is 0 Å². The maximum absolute atomic E-state index is 2.37. The molecule has 0 fully saturated rings. The van der Waals surface area contributed by atoms with Gasteiger partial charge in [0, 0.05) is 25.6 Å². The van der Waals surface area contributed by atoms with Gasteiger partial charge in [-0.25, -0.2) is 0 Å². The Bertz CT molecular complexity index is 1550. The van der Waals surface area contributed by atoms with E-state index in [2.05, 4.69) is 84.9 Å². The molecule has 0 saturated heterocycles. The summed E-state index contributed by atoms with van der Waals surface area (Å²) in [7, 11) is 0. The van der Waals surface area contributed by atoms with E-state index in [9.17, 15) is 0 Å². The predicted molar refractivity (Wildman–Crippen MR) is 128 cm³/mol. The lowest BCUT2D eigenvalue weighted by molar-refractivity contribution is 1.31. The number of benzene rings is 4. The fourth-order valence-corrected chi connectivity index (χ4v) is 7.08. The van der Waals surface area contributed by atoms with Crippen LogP contribution < -0.4 is 0 Å². The summed E-state index contributed by atoms with van der Waals surface area (Å²) in [6, 6.07) is 31.4. The van der Waals surface area contributed by atoms with E-state index in [0.717, 1.165) is 6.42 Å². The zero-order chi connectivity index (χ0) is 18.9. The van der Waals surface area contributed by atoms with Crippen LogP contribution in [0.1, 0.15) is 11.1 Å². The third-order valence-electron chi connectivity index (χ3n) is 6.14. The van der Waals surface area contributed by atoms with Crippen molar-refractivity contribution in [3.8, 4) is 20.9 Å². The summed E-state index contributed by atoms with van der Waals surface area (Å²) in [5, 5.41) is 5.51. The summed E-state index contributed by atoms with van der Waals surface area (Å²) in [6.07, 6.45) is 1.05. The predicted octanol–water partition coefficient (Wildman–Crippen LogP) is 8.51. The first-order valence-electron chi connectivity index (χ1n) is 9.90. The van der Waals surface area contributed by atoms with E-state index in [0.29, 0.717) is 0 Å². The molecule has 6 aromatic rings. The molecule has 0 aliphatic heterocycles. The van der Waals surface area contributed by atoms with Gasteiger partial charge in [-0.15, -0.1) is 22.7 Å². The van der Waals surface area contributed by atoms with E-state index in [4.69, 9.17) is 0 Å². The van der Waals surface area contributed by atoms with E-state index in [1.807, 2.05) is 22.7 Å². The number of hydrogen-bond acceptors (Lipinski definition) is 2. The van der Waals surface area contributed by atoms with E-state index in [-0.39, 0.29) is 0 Å². The van der Waals surface area contributed by atoms with Crippen LogP contribution in [0.5, 0.6) is 0 Å². The summed E-state index contributed by atoms with van der Waals surface area (Å²) < 4.78 is 2.76. The molecule has 0 spiro atoms. The molecule has 4 aromatic carbocycles. The number of hydrogen-bond donors (Lipinski definition) is 0. The zero-order valence-corrected chi connectivity index (χ0v) is 17.2. The molecule has 0 amide bonds. The van der Waals surface area contributed by atoms with Gasteiger partial charge in [-0.1, -0.05) is 60.7 Å². The fourth-order valence-electron chi connectivity index (χ4n) is 4.74. The Hall–Kier alpha value is -2.94. The molecule has 0 nitrogen and oxygen atoms in total. The van der Waals surface area contributed by atoms with Crippen LogP contribution in [-0.2, 0) is 6.42 Å². The summed E-state index contributed by atoms with van der Waals surface area (Å²) >= 11 is 3.82. The Balaban J connectivity index is 1.40. The van der Waals surface area contributed by atoms with E-state index in [1.165, 1.54) is 63.0 Å². The van der Waals surface area contributed by atoms with Crippen LogP contribution in [0, 0.1) is 0 Å². The first-order valence-corrected chi connectivity index (χ1v) is 11.5. The standard InChI is InChI=1S/C27H16S2/c1-3-7-24-17(5-1)14-26(28-24)18-10-11-19-16(13-18)9-12-21-22(19)15-23-20-6-2-4-8-25(20)29-27(21)23/h1-14H,15H2. The Kier molecular flexibility index (Phi) is 3.18. The fraction of sp³-hybridized carbons (Fsp3) is 0.0370. The molecular weight excluding hydrogens is 388 g/mol. The highest BCUT2D eigenvalue weighted by molar-refractivity contribution is 7.22. The molecule has 0 bridgehead atoms. The second kappa shape index (κ2) is 5.79. The van der Waals surface area contributed by atoms with Crippen LogP contribution in [0.15, 0.2) is 84.9 Å². The SMILES string of the molecule is c1ccc2sc(-c3ccc4c5c(ccc4c3)-c3sc4ccccc4c3C5)cc2c1. The van der Waals surface area contributed by atoms with E-state index in [1.54, 1.807) is 0 Å². The van der Waals surface area contributed by atoms with Gasteiger partial charge in [-0.2, -0.15) is 0 Å². The van der Waals surface area contributed by atoms with Crippen LogP contribution in [0.3, 0.4) is 0 Å². The molecule has 1 aliphatic rings. The normalized spacial score (nSPS) is 12.7.